The van der Waals surface area contributed by atoms with Crippen LogP contribution < -0.4 is 0 Å². The second kappa shape index (κ2) is 16.7. The molecular formula is C29H44N2O5. The Bertz CT molecular complexity index is 852. The molecule has 0 saturated carbocycles. The molecule has 0 spiro atoms. The Kier molecular flexibility index (Phi) is 14.4. The number of benzene rings is 1. The first-order chi connectivity index (χ1) is 17.1. The summed E-state index contributed by atoms with van der Waals surface area (Å²) in [6.45, 7) is 6.99. The van der Waals surface area contributed by atoms with Gasteiger partial charge in [0.15, 0.2) is 0 Å². The summed E-state index contributed by atoms with van der Waals surface area (Å²) < 4.78 is 11.6. The highest BCUT2D eigenvalue weighted by molar-refractivity contribution is 5.75. The molecule has 0 radical (unpaired) electrons. The van der Waals surface area contributed by atoms with Crippen LogP contribution in [0.1, 0.15) is 52.5 Å². The van der Waals surface area contributed by atoms with Crippen LogP contribution >= 0.6 is 0 Å². The predicted molar refractivity (Wildman–Crippen MR) is 143 cm³/mol. The van der Waals surface area contributed by atoms with Gasteiger partial charge in [-0.25, -0.2) is 0 Å². The number of amides is 1. The Balaban J connectivity index is 2.97. The second-order valence-corrected chi connectivity index (χ2v) is 9.61. The van der Waals surface area contributed by atoms with Gasteiger partial charge in [0.05, 0.1) is 0 Å². The quantitative estimate of drug-likeness (QED) is 0.143. The molecule has 7 heteroatoms. The lowest BCUT2D eigenvalue weighted by molar-refractivity contribution is -0.161. The van der Waals surface area contributed by atoms with Gasteiger partial charge in [0, 0.05) is 32.0 Å². The Morgan fingerprint density at radius 1 is 0.972 bits per heavy atom. The normalized spacial score (nSPS) is 15.9. The van der Waals surface area contributed by atoms with Crippen molar-refractivity contribution >= 4 is 18.3 Å². The van der Waals surface area contributed by atoms with Gasteiger partial charge in [0.1, 0.15) is 18.2 Å². The molecule has 1 rings (SSSR count). The van der Waals surface area contributed by atoms with E-state index in [0.29, 0.717) is 6.41 Å². The first-order valence-electron chi connectivity index (χ1n) is 12.7. The van der Waals surface area contributed by atoms with E-state index in [1.165, 1.54) is 17.4 Å². The Morgan fingerprint density at radius 3 is 2.22 bits per heavy atom. The van der Waals surface area contributed by atoms with Gasteiger partial charge >= 0.3 is 11.9 Å². The SMILES string of the molecule is CC(=O)O[C@@H]([C@@H](C)[C@@H](/C=C/CCCCc1ccccc1)OC(=O)[C@H](C)N(C)C)[C@H](C)/C=C/N(C)C=O. The molecule has 5 atom stereocenters. The number of aryl methyl sites for hydroxylation is 1. The van der Waals surface area contributed by atoms with Crippen LogP contribution in [0.3, 0.4) is 0 Å². The third-order valence-corrected chi connectivity index (χ3v) is 6.27. The number of carbonyl (C=O) groups excluding carboxylic acids is 3. The van der Waals surface area contributed by atoms with Crippen molar-refractivity contribution in [3.63, 3.8) is 0 Å². The smallest absolute Gasteiger partial charge is 0.323 e. The molecule has 0 aromatic heterocycles. The molecule has 7 nitrogen and oxygen atoms in total. The summed E-state index contributed by atoms with van der Waals surface area (Å²) in [5.41, 5.74) is 1.33. The molecule has 200 valence electrons. The van der Waals surface area contributed by atoms with Gasteiger partial charge in [-0.3, -0.25) is 19.3 Å². The first kappa shape index (κ1) is 31.1. The molecule has 0 heterocycles. The van der Waals surface area contributed by atoms with Crippen molar-refractivity contribution in [2.75, 3.05) is 21.1 Å². The summed E-state index contributed by atoms with van der Waals surface area (Å²) in [6.07, 6.45) is 10.9. The third-order valence-electron chi connectivity index (χ3n) is 6.27. The number of esters is 2. The fraction of sp³-hybridized carbons (Fsp3) is 0.552. The molecule has 1 amide bonds. The zero-order chi connectivity index (χ0) is 27.1. The van der Waals surface area contributed by atoms with E-state index in [-0.39, 0.29) is 17.8 Å². The fourth-order valence-electron chi connectivity index (χ4n) is 3.72. The van der Waals surface area contributed by atoms with Crippen molar-refractivity contribution in [3.05, 3.63) is 60.3 Å². The molecule has 0 aliphatic carbocycles. The highest BCUT2D eigenvalue weighted by Crippen LogP contribution is 2.25. The van der Waals surface area contributed by atoms with Crippen molar-refractivity contribution in [2.45, 2.75) is 71.6 Å². The molecule has 0 aliphatic heterocycles. The molecule has 1 aromatic rings. The third kappa shape index (κ3) is 11.7. The van der Waals surface area contributed by atoms with Crippen LogP contribution in [-0.2, 0) is 30.3 Å². The maximum atomic E-state index is 12.8. The standard InChI is InChI=1S/C29H44N2O5/c1-22(19-20-31(7)21-32)28(35-25(4)33)23(2)27(36-29(34)24(3)30(5)6)18-14-9-8-11-15-26-16-12-10-13-17-26/h10,12-14,16-24,27-28H,8-9,11,15H2,1-7H3/b18-14+,20-19+/t22-,23+,24+,27-,28-/m1/s1. The molecule has 0 N–H and O–H groups in total. The van der Waals surface area contributed by atoms with Gasteiger partial charge in [0.25, 0.3) is 0 Å². The highest BCUT2D eigenvalue weighted by atomic mass is 16.6. The zero-order valence-corrected chi connectivity index (χ0v) is 22.9. The Hall–Kier alpha value is -2.93. The lowest BCUT2D eigenvalue weighted by atomic mass is 9.88. The van der Waals surface area contributed by atoms with E-state index in [1.54, 1.807) is 25.1 Å². The number of allylic oxidation sites excluding steroid dienone is 1. The first-order valence-corrected chi connectivity index (χ1v) is 12.7. The largest absolute Gasteiger partial charge is 0.461 e. The van der Waals surface area contributed by atoms with Crippen LogP contribution in [0.5, 0.6) is 0 Å². The molecule has 0 unspecified atom stereocenters. The average Bonchev–Trinajstić information content (AvgIpc) is 2.86. The summed E-state index contributed by atoms with van der Waals surface area (Å²) in [5.74, 6) is -1.27. The van der Waals surface area contributed by atoms with Crippen molar-refractivity contribution in [2.24, 2.45) is 11.8 Å². The van der Waals surface area contributed by atoms with E-state index >= 15 is 0 Å². The predicted octanol–water partition coefficient (Wildman–Crippen LogP) is 4.62. The second-order valence-electron chi connectivity index (χ2n) is 9.61. The summed E-state index contributed by atoms with van der Waals surface area (Å²) in [6, 6.07) is 9.98. The number of hydrogen-bond donors (Lipinski definition) is 0. The number of carbonyl (C=O) groups is 3. The van der Waals surface area contributed by atoms with E-state index in [4.69, 9.17) is 9.47 Å². The fourth-order valence-corrected chi connectivity index (χ4v) is 3.72. The van der Waals surface area contributed by atoms with Gasteiger partial charge in [-0.1, -0.05) is 56.3 Å². The summed E-state index contributed by atoms with van der Waals surface area (Å²) >= 11 is 0. The van der Waals surface area contributed by atoms with Crippen molar-refractivity contribution in [3.8, 4) is 0 Å². The van der Waals surface area contributed by atoms with Gasteiger partial charge in [0.2, 0.25) is 6.41 Å². The molecular weight excluding hydrogens is 456 g/mol. The molecule has 1 aromatic carbocycles. The summed E-state index contributed by atoms with van der Waals surface area (Å²) in [5, 5.41) is 0. The molecule has 36 heavy (non-hydrogen) atoms. The van der Waals surface area contributed by atoms with E-state index in [2.05, 4.69) is 24.3 Å². The minimum atomic E-state index is -0.571. The average molecular weight is 501 g/mol. The molecule has 0 fully saturated rings. The maximum Gasteiger partial charge on any atom is 0.323 e. The van der Waals surface area contributed by atoms with Gasteiger partial charge in [-0.05, 0) is 58.3 Å². The van der Waals surface area contributed by atoms with E-state index in [1.807, 2.05) is 52.2 Å². The molecule has 0 aliphatic rings. The van der Waals surface area contributed by atoms with Crippen molar-refractivity contribution in [1.82, 2.24) is 9.80 Å². The minimum Gasteiger partial charge on any atom is -0.461 e. The Labute approximate surface area is 217 Å². The number of nitrogens with zero attached hydrogens (tertiary/aromatic N) is 2. The number of unbranched alkanes of at least 4 members (excludes halogenated alkanes) is 2. The Morgan fingerprint density at radius 2 is 1.64 bits per heavy atom. The van der Waals surface area contributed by atoms with Gasteiger partial charge in [-0.2, -0.15) is 0 Å². The number of rotatable bonds is 16. The molecule has 0 saturated heterocycles. The lowest BCUT2D eigenvalue weighted by Gasteiger charge is -2.32. The van der Waals surface area contributed by atoms with Gasteiger partial charge in [-0.15, -0.1) is 0 Å². The highest BCUT2D eigenvalue weighted by Gasteiger charge is 2.33. The summed E-state index contributed by atoms with van der Waals surface area (Å²) in [7, 11) is 5.28. The number of likely N-dealkylation sites (N-methyl/N-ethyl adjacent to an activating group) is 1. The van der Waals surface area contributed by atoms with Crippen molar-refractivity contribution in [1.29, 1.82) is 0 Å². The minimum absolute atomic E-state index is 0.210. The van der Waals surface area contributed by atoms with Crippen LogP contribution in [0.15, 0.2) is 54.8 Å². The number of ether oxygens (including phenoxy) is 2. The van der Waals surface area contributed by atoms with E-state index < -0.39 is 24.2 Å². The molecule has 0 bridgehead atoms. The monoisotopic (exact) mass is 500 g/mol. The van der Waals surface area contributed by atoms with Crippen LogP contribution in [0.25, 0.3) is 0 Å². The zero-order valence-electron chi connectivity index (χ0n) is 22.9. The van der Waals surface area contributed by atoms with Crippen LogP contribution in [-0.4, -0.2) is 67.5 Å². The maximum absolute atomic E-state index is 12.8. The number of hydrogen-bond acceptors (Lipinski definition) is 6. The van der Waals surface area contributed by atoms with Crippen LogP contribution in [0.2, 0.25) is 0 Å². The van der Waals surface area contributed by atoms with Crippen molar-refractivity contribution < 1.29 is 23.9 Å². The summed E-state index contributed by atoms with van der Waals surface area (Å²) in [4.78, 5) is 38.8. The van der Waals surface area contributed by atoms with E-state index in [0.717, 1.165) is 25.7 Å². The van der Waals surface area contributed by atoms with E-state index in [9.17, 15) is 14.4 Å². The van der Waals surface area contributed by atoms with Gasteiger partial charge < -0.3 is 14.4 Å². The van der Waals surface area contributed by atoms with Crippen LogP contribution in [0.4, 0.5) is 0 Å². The topological polar surface area (TPSA) is 76.2 Å². The lowest BCUT2D eigenvalue weighted by Crippen LogP contribution is -2.42. The van der Waals surface area contributed by atoms with Crippen LogP contribution in [0, 0.1) is 11.8 Å².